The van der Waals surface area contributed by atoms with E-state index in [1.54, 1.807) is 0 Å². The predicted octanol–water partition coefficient (Wildman–Crippen LogP) is 0.0546. The molecule has 0 bridgehead atoms. The lowest BCUT2D eigenvalue weighted by Crippen LogP contribution is -3.00. The quantitative estimate of drug-likeness (QED) is 0.258. The minimum absolute atomic E-state index is 0. The number of amides is 2. The summed E-state index contributed by atoms with van der Waals surface area (Å²) in [6, 6.07) is 0. The van der Waals surface area contributed by atoms with E-state index in [0.717, 1.165) is 24.0 Å². The van der Waals surface area contributed by atoms with E-state index in [1.165, 1.54) is 0 Å². The second-order valence-corrected chi connectivity index (χ2v) is 7.58. The molecule has 0 aromatic carbocycles. The molecular weight excluding hydrogens is 406 g/mol. The molecular formula is C22H52ClN3O4. The van der Waals surface area contributed by atoms with Crippen molar-refractivity contribution in [2.24, 2.45) is 29.4 Å². The molecule has 30 heavy (non-hydrogen) atoms. The van der Waals surface area contributed by atoms with E-state index in [0.29, 0.717) is 24.7 Å². The lowest BCUT2D eigenvalue weighted by Gasteiger charge is -2.27. The number of nitrogens with one attached hydrogen (secondary N) is 1. The number of hydrogen-bond acceptors (Lipinski definition) is 4. The summed E-state index contributed by atoms with van der Waals surface area (Å²) in [5.41, 5.74) is 5.49. The number of hydrogen-bond donors (Lipinski definition) is 3. The average Bonchev–Trinajstić information content (AvgIpc) is 2.80. The summed E-state index contributed by atoms with van der Waals surface area (Å²) in [5, 5.41) is 11.7. The summed E-state index contributed by atoms with van der Waals surface area (Å²) < 4.78 is 0.891. The van der Waals surface area contributed by atoms with Gasteiger partial charge in [0.05, 0.1) is 33.1 Å². The average molecular weight is 458 g/mol. The molecule has 1 aliphatic rings. The van der Waals surface area contributed by atoms with Gasteiger partial charge in [0.15, 0.2) is 12.5 Å². The Hall–Kier alpha value is -1.18. The smallest absolute Gasteiger partial charge is 0.226 e. The normalized spacial score (nSPS) is 21.1. The minimum atomic E-state index is -1.55. The highest BCUT2D eigenvalue weighted by atomic mass is 35.5. The van der Waals surface area contributed by atoms with Crippen LogP contribution in [0.15, 0.2) is 0 Å². The highest BCUT2D eigenvalue weighted by molar-refractivity contribution is 5.88. The van der Waals surface area contributed by atoms with Gasteiger partial charge in [-0.3, -0.25) is 14.4 Å². The topological polar surface area (TPSA) is 109 Å². The maximum absolute atomic E-state index is 12.5. The van der Waals surface area contributed by atoms with Crippen molar-refractivity contribution in [3.8, 4) is 0 Å². The molecule has 0 spiro atoms. The van der Waals surface area contributed by atoms with Crippen LogP contribution in [0, 0.1) is 23.7 Å². The number of nitrogens with zero attached hydrogens (tertiary/aromatic N) is 1. The molecule has 0 aliphatic carbocycles. The van der Waals surface area contributed by atoms with Crippen LogP contribution in [0.4, 0.5) is 0 Å². The fourth-order valence-corrected chi connectivity index (χ4v) is 4.12. The first-order chi connectivity index (χ1) is 11.1. The third-order valence-electron chi connectivity index (χ3n) is 5.25. The van der Waals surface area contributed by atoms with Crippen LogP contribution in [0.5, 0.6) is 0 Å². The van der Waals surface area contributed by atoms with Gasteiger partial charge in [-0.2, -0.15) is 0 Å². The number of carbonyl (C=O) groups excluding carboxylic acids is 3. The number of nitrogens with two attached hydrogens (primary N) is 1. The van der Waals surface area contributed by atoms with E-state index in [2.05, 4.69) is 26.3 Å². The predicted molar refractivity (Wildman–Crippen MR) is 124 cm³/mol. The summed E-state index contributed by atoms with van der Waals surface area (Å²) in [7, 11) is 4.33. The molecule has 1 rings (SSSR count). The van der Waals surface area contributed by atoms with Gasteiger partial charge in [-0.25, -0.2) is 0 Å². The Kier molecular flexibility index (Phi) is 26.5. The number of aliphatic hydroxyl groups excluding tert-OH is 1. The molecule has 5 unspecified atom stereocenters. The molecule has 1 aliphatic heterocycles. The van der Waals surface area contributed by atoms with E-state index >= 15 is 0 Å². The number of carbonyl (C=O) groups is 3. The SMILES string of the molecule is C.C.C.C.C.CCC1C[N+](C)(C)CC1CC(C(=O)NC(O)C=O)C(CC)C(N)=O.[Cl-]. The van der Waals surface area contributed by atoms with Gasteiger partial charge in [0.2, 0.25) is 11.8 Å². The third kappa shape index (κ3) is 11.9. The van der Waals surface area contributed by atoms with Crippen molar-refractivity contribution in [3.63, 3.8) is 0 Å². The minimum Gasteiger partial charge on any atom is -1.00 e. The number of quaternary nitrogens is 1. The second-order valence-electron chi connectivity index (χ2n) is 7.58. The van der Waals surface area contributed by atoms with E-state index in [-0.39, 0.29) is 55.8 Å². The molecule has 2 amide bonds. The number of aldehydes is 1. The molecule has 0 aromatic heterocycles. The molecule has 0 saturated carbocycles. The van der Waals surface area contributed by atoms with Gasteiger partial charge >= 0.3 is 0 Å². The molecule has 1 fully saturated rings. The number of primary amides is 1. The van der Waals surface area contributed by atoms with Crippen LogP contribution in [0.3, 0.4) is 0 Å². The van der Waals surface area contributed by atoms with E-state index in [4.69, 9.17) is 5.73 Å². The lowest BCUT2D eigenvalue weighted by atomic mass is 9.78. The van der Waals surface area contributed by atoms with Crippen molar-refractivity contribution in [2.45, 2.75) is 76.5 Å². The monoisotopic (exact) mass is 457 g/mol. The second kappa shape index (κ2) is 18.6. The van der Waals surface area contributed by atoms with Gasteiger partial charge in [0, 0.05) is 17.8 Å². The van der Waals surface area contributed by atoms with E-state index in [1.807, 2.05) is 6.92 Å². The molecule has 1 heterocycles. The Balaban J connectivity index is -0.000000240. The van der Waals surface area contributed by atoms with Gasteiger partial charge < -0.3 is 33.0 Å². The Morgan fingerprint density at radius 1 is 1.07 bits per heavy atom. The van der Waals surface area contributed by atoms with Crippen LogP contribution in [0.1, 0.15) is 70.2 Å². The molecule has 0 radical (unpaired) electrons. The maximum Gasteiger partial charge on any atom is 0.226 e. The van der Waals surface area contributed by atoms with Crippen LogP contribution < -0.4 is 23.5 Å². The van der Waals surface area contributed by atoms with Gasteiger partial charge in [0.1, 0.15) is 0 Å². The highest BCUT2D eigenvalue weighted by Crippen LogP contribution is 2.36. The van der Waals surface area contributed by atoms with Crippen LogP contribution in [0.2, 0.25) is 0 Å². The van der Waals surface area contributed by atoms with Crippen molar-refractivity contribution in [2.75, 3.05) is 27.2 Å². The summed E-state index contributed by atoms with van der Waals surface area (Å²) in [6.45, 7) is 5.94. The van der Waals surface area contributed by atoms with Crippen LogP contribution in [-0.2, 0) is 14.4 Å². The Labute approximate surface area is 193 Å². The van der Waals surface area contributed by atoms with Gasteiger partial charge in [0.25, 0.3) is 0 Å². The Morgan fingerprint density at radius 2 is 1.53 bits per heavy atom. The van der Waals surface area contributed by atoms with Crippen molar-refractivity contribution in [1.29, 1.82) is 0 Å². The summed E-state index contributed by atoms with van der Waals surface area (Å²) in [5.74, 6) is -1.43. The Bertz CT molecular complexity index is 475. The molecule has 186 valence electrons. The maximum atomic E-state index is 12.5. The number of halogens is 1. The zero-order valence-electron chi connectivity index (χ0n) is 15.6. The van der Waals surface area contributed by atoms with Crippen molar-refractivity contribution in [1.82, 2.24) is 5.32 Å². The highest BCUT2D eigenvalue weighted by Gasteiger charge is 2.43. The largest absolute Gasteiger partial charge is 1.00 e. The standard InChI is InChI=1S/C17H31N3O4.5CH4.ClH/c1-5-11-8-20(3,4)9-12(11)7-14(13(6-2)16(18)23)17(24)19-15(22)10-21;;;;;;/h10-15,22H,5-9H2,1-4H3,(H2-,18,19,23,24);5*1H4;1H. The zero-order chi connectivity index (χ0) is 18.5. The molecule has 0 aromatic rings. The number of aliphatic hydroxyl groups is 1. The number of likely N-dealkylation sites (tertiary alicyclic amines) is 1. The first-order valence-electron chi connectivity index (χ1n) is 8.70. The summed E-state index contributed by atoms with van der Waals surface area (Å²) >= 11 is 0. The van der Waals surface area contributed by atoms with Crippen LogP contribution in [-0.4, -0.2) is 61.1 Å². The molecule has 1 saturated heterocycles. The van der Waals surface area contributed by atoms with Crippen molar-refractivity contribution >= 4 is 18.1 Å². The Morgan fingerprint density at radius 3 is 1.90 bits per heavy atom. The first kappa shape index (κ1) is 42.8. The van der Waals surface area contributed by atoms with Crippen LogP contribution >= 0.6 is 0 Å². The molecule has 5 atom stereocenters. The summed E-state index contributed by atoms with van der Waals surface area (Å²) in [4.78, 5) is 34.9. The number of rotatable bonds is 9. The third-order valence-corrected chi connectivity index (χ3v) is 5.25. The lowest BCUT2D eigenvalue weighted by molar-refractivity contribution is -0.880. The van der Waals surface area contributed by atoms with Gasteiger partial charge in [-0.1, -0.05) is 51.0 Å². The van der Waals surface area contributed by atoms with Gasteiger partial charge in [-0.15, -0.1) is 0 Å². The molecule has 4 N–H and O–H groups in total. The van der Waals surface area contributed by atoms with Gasteiger partial charge in [-0.05, 0) is 19.3 Å². The van der Waals surface area contributed by atoms with Crippen molar-refractivity contribution < 1.29 is 36.4 Å². The molecule has 7 nitrogen and oxygen atoms in total. The fraction of sp³-hybridized carbons (Fsp3) is 0.864. The van der Waals surface area contributed by atoms with Crippen LogP contribution in [0.25, 0.3) is 0 Å². The summed E-state index contributed by atoms with van der Waals surface area (Å²) in [6.07, 6.45) is 0.712. The van der Waals surface area contributed by atoms with Crippen molar-refractivity contribution in [3.05, 3.63) is 0 Å². The zero-order valence-corrected chi connectivity index (χ0v) is 16.3. The van der Waals surface area contributed by atoms with E-state index < -0.39 is 29.9 Å². The molecule has 8 heteroatoms. The first-order valence-corrected chi connectivity index (χ1v) is 8.70. The fourth-order valence-electron chi connectivity index (χ4n) is 4.12. The van der Waals surface area contributed by atoms with E-state index in [9.17, 15) is 19.5 Å².